The number of carbonyl (C=O) groups is 3. The van der Waals surface area contributed by atoms with Gasteiger partial charge < -0.3 is 26.0 Å². The molecule has 26 heavy (non-hydrogen) atoms. The van der Waals surface area contributed by atoms with E-state index in [0.29, 0.717) is 5.25 Å². The van der Waals surface area contributed by atoms with Gasteiger partial charge in [0.05, 0.1) is 0 Å². The summed E-state index contributed by atoms with van der Waals surface area (Å²) in [5.41, 5.74) is 0. The first-order valence-electron chi connectivity index (χ1n) is 8.76. The van der Waals surface area contributed by atoms with Crippen LogP contribution in [0.4, 0.5) is 0 Å². The van der Waals surface area contributed by atoms with Crippen molar-refractivity contribution in [2.24, 2.45) is 0 Å². The summed E-state index contributed by atoms with van der Waals surface area (Å²) in [4.78, 5) is 35.1. The summed E-state index contributed by atoms with van der Waals surface area (Å²) in [6.07, 6.45) is 2.53. The molecule has 0 aromatic rings. The van der Waals surface area contributed by atoms with E-state index in [-0.39, 0.29) is 25.2 Å². The van der Waals surface area contributed by atoms with Crippen molar-refractivity contribution >= 4 is 39.4 Å². The predicted molar refractivity (Wildman–Crippen MR) is 102 cm³/mol. The van der Waals surface area contributed by atoms with E-state index in [4.69, 9.17) is 15.3 Å². The van der Waals surface area contributed by atoms with Gasteiger partial charge in [0.1, 0.15) is 12.1 Å². The highest BCUT2D eigenvalue weighted by Crippen LogP contribution is 2.39. The third-order valence-corrected chi connectivity index (χ3v) is 7.01. The minimum absolute atomic E-state index is 0.0114. The number of nitrogens with one attached hydrogen (secondary N) is 2. The van der Waals surface area contributed by atoms with E-state index in [1.807, 2.05) is 21.6 Å². The van der Waals surface area contributed by atoms with Crippen molar-refractivity contribution in [1.82, 2.24) is 10.6 Å². The number of aliphatic hydroxyl groups is 2. The van der Waals surface area contributed by atoms with Crippen LogP contribution in [-0.4, -0.2) is 62.5 Å². The Labute approximate surface area is 161 Å². The number of carboxylic acid groups (broad SMARTS) is 1. The van der Waals surface area contributed by atoms with Crippen LogP contribution in [0.3, 0.4) is 0 Å². The van der Waals surface area contributed by atoms with Crippen LogP contribution in [0.15, 0.2) is 0 Å². The van der Waals surface area contributed by atoms with Crippen molar-refractivity contribution in [3.63, 3.8) is 0 Å². The van der Waals surface area contributed by atoms with Crippen molar-refractivity contribution in [2.75, 3.05) is 5.75 Å². The van der Waals surface area contributed by atoms with E-state index < -0.39 is 30.3 Å². The van der Waals surface area contributed by atoms with Gasteiger partial charge in [-0.25, -0.2) is 0 Å². The van der Waals surface area contributed by atoms with Crippen LogP contribution in [0, 0.1) is 0 Å². The second kappa shape index (κ2) is 12.4. The summed E-state index contributed by atoms with van der Waals surface area (Å²) in [7, 11) is 3.78. The zero-order valence-corrected chi connectivity index (χ0v) is 16.5. The molecule has 150 valence electrons. The number of carbonyl (C=O) groups excluding carboxylic acids is 2. The average Bonchev–Trinajstić information content (AvgIpc) is 3.08. The average molecular weight is 409 g/mol. The molecule has 8 nitrogen and oxygen atoms in total. The Morgan fingerprint density at radius 3 is 2.46 bits per heavy atom. The topological polar surface area (TPSA) is 136 Å². The Bertz CT molecular complexity index is 472. The fourth-order valence-corrected chi connectivity index (χ4v) is 5.48. The number of hydrogen-bond donors (Lipinski definition) is 5. The van der Waals surface area contributed by atoms with Gasteiger partial charge in [0.15, 0.2) is 6.29 Å². The first kappa shape index (κ1) is 23.1. The molecule has 0 saturated carbocycles. The van der Waals surface area contributed by atoms with Gasteiger partial charge >= 0.3 is 5.97 Å². The van der Waals surface area contributed by atoms with Crippen LogP contribution in [0.5, 0.6) is 0 Å². The highest BCUT2D eigenvalue weighted by Gasteiger charge is 2.24. The van der Waals surface area contributed by atoms with Gasteiger partial charge in [-0.15, -0.1) is 0 Å². The molecule has 0 aromatic heterocycles. The van der Waals surface area contributed by atoms with Crippen molar-refractivity contribution in [1.29, 1.82) is 0 Å². The first-order valence-corrected chi connectivity index (χ1v) is 11.1. The fraction of sp³-hybridized carbons (Fsp3) is 0.812. The standard InChI is InChI=1S/C16H28N2O6S2/c1-10(16(23)24)17-15(22)12(6-7-14(20)21)18-13(19)5-3-2-4-11-8-9-25-26-11/h10-12,14,20-21H,2-9H2,1H3,(H,17,22)(H,18,19)(H,23,24). The summed E-state index contributed by atoms with van der Waals surface area (Å²) >= 11 is 0. The summed E-state index contributed by atoms with van der Waals surface area (Å²) in [5.74, 6) is -0.950. The second-order valence-electron chi connectivity index (χ2n) is 6.32. The lowest BCUT2D eigenvalue weighted by molar-refractivity contribution is -0.141. The predicted octanol–water partition coefficient (Wildman–Crippen LogP) is 0.865. The van der Waals surface area contributed by atoms with E-state index in [1.54, 1.807) is 0 Å². The largest absolute Gasteiger partial charge is 0.480 e. The lowest BCUT2D eigenvalue weighted by atomic mass is 10.1. The number of rotatable bonds is 12. The van der Waals surface area contributed by atoms with Crippen LogP contribution in [-0.2, 0) is 14.4 Å². The fourth-order valence-electron chi connectivity index (χ4n) is 2.45. The molecular weight excluding hydrogens is 380 g/mol. The molecule has 0 spiro atoms. The number of aliphatic hydroxyl groups excluding tert-OH is 1. The number of carboxylic acids is 1. The number of hydrogen-bond acceptors (Lipinski definition) is 7. The quantitative estimate of drug-likeness (QED) is 0.182. The molecular formula is C16H28N2O6S2. The lowest BCUT2D eigenvalue weighted by Gasteiger charge is -2.20. The Morgan fingerprint density at radius 1 is 1.15 bits per heavy atom. The number of aliphatic carboxylic acids is 1. The molecule has 10 heteroatoms. The van der Waals surface area contributed by atoms with E-state index in [0.717, 1.165) is 19.3 Å². The lowest BCUT2D eigenvalue weighted by Crippen LogP contribution is -2.51. The molecule has 0 bridgehead atoms. The van der Waals surface area contributed by atoms with Gasteiger partial charge in [-0.1, -0.05) is 28.0 Å². The Balaban J connectivity index is 2.39. The molecule has 1 heterocycles. The van der Waals surface area contributed by atoms with E-state index in [1.165, 1.54) is 19.1 Å². The monoisotopic (exact) mass is 408 g/mol. The van der Waals surface area contributed by atoms with Crippen LogP contribution in [0.2, 0.25) is 0 Å². The van der Waals surface area contributed by atoms with Crippen LogP contribution in [0.25, 0.3) is 0 Å². The maximum atomic E-state index is 12.2. The van der Waals surface area contributed by atoms with E-state index in [2.05, 4.69) is 10.6 Å². The summed E-state index contributed by atoms with van der Waals surface area (Å²) in [6, 6.07) is -2.09. The molecule has 1 aliphatic rings. The maximum absolute atomic E-state index is 12.2. The summed E-state index contributed by atoms with van der Waals surface area (Å²) in [5, 5.41) is 32.3. The van der Waals surface area contributed by atoms with Gasteiger partial charge in [0, 0.05) is 23.8 Å². The van der Waals surface area contributed by atoms with Gasteiger partial charge in [-0.05, 0) is 32.6 Å². The number of amides is 2. The number of unbranched alkanes of at least 4 members (excludes halogenated alkanes) is 1. The smallest absolute Gasteiger partial charge is 0.325 e. The van der Waals surface area contributed by atoms with E-state index in [9.17, 15) is 14.4 Å². The van der Waals surface area contributed by atoms with Crippen molar-refractivity contribution < 1.29 is 29.7 Å². The third-order valence-electron chi connectivity index (χ3n) is 4.00. The molecule has 1 aliphatic heterocycles. The van der Waals surface area contributed by atoms with Crippen molar-refractivity contribution in [3.05, 3.63) is 0 Å². The molecule has 0 aliphatic carbocycles. The highest BCUT2D eigenvalue weighted by atomic mass is 33.1. The van der Waals surface area contributed by atoms with Crippen LogP contribution < -0.4 is 10.6 Å². The molecule has 1 saturated heterocycles. The second-order valence-corrected chi connectivity index (χ2v) is 9.11. The molecule has 2 amide bonds. The van der Waals surface area contributed by atoms with Gasteiger partial charge in [0.2, 0.25) is 11.8 Å². The summed E-state index contributed by atoms with van der Waals surface area (Å²) < 4.78 is 0. The molecule has 1 fully saturated rings. The Hall–Kier alpha value is -0.970. The van der Waals surface area contributed by atoms with Gasteiger partial charge in [0.25, 0.3) is 0 Å². The van der Waals surface area contributed by atoms with Crippen molar-refractivity contribution in [2.45, 2.75) is 75.5 Å². The Kier molecular flexibility index (Phi) is 11.0. The zero-order chi connectivity index (χ0) is 19.5. The normalized spacial score (nSPS) is 19.2. The molecule has 1 rings (SSSR count). The first-order chi connectivity index (χ1) is 12.3. The molecule has 0 aromatic carbocycles. The van der Waals surface area contributed by atoms with Gasteiger partial charge in [-0.2, -0.15) is 0 Å². The van der Waals surface area contributed by atoms with E-state index >= 15 is 0 Å². The minimum atomic E-state index is -1.60. The molecule has 0 radical (unpaired) electrons. The third kappa shape index (κ3) is 9.65. The maximum Gasteiger partial charge on any atom is 0.325 e. The minimum Gasteiger partial charge on any atom is -0.480 e. The van der Waals surface area contributed by atoms with Gasteiger partial charge in [-0.3, -0.25) is 14.4 Å². The molecule has 3 unspecified atom stereocenters. The molecule has 5 N–H and O–H groups in total. The SMILES string of the molecule is CC(NC(=O)C(CCC(O)O)NC(=O)CCCCC1CCSS1)C(=O)O. The highest BCUT2D eigenvalue weighted by molar-refractivity contribution is 8.77. The molecule has 3 atom stereocenters. The zero-order valence-electron chi connectivity index (χ0n) is 14.8. The summed E-state index contributed by atoms with van der Waals surface area (Å²) in [6.45, 7) is 1.32. The van der Waals surface area contributed by atoms with Crippen molar-refractivity contribution in [3.8, 4) is 0 Å². The Morgan fingerprint density at radius 2 is 1.88 bits per heavy atom. The van der Waals surface area contributed by atoms with Crippen LogP contribution >= 0.6 is 21.6 Å². The van der Waals surface area contributed by atoms with Crippen LogP contribution in [0.1, 0.15) is 51.9 Å².